The highest BCUT2D eigenvalue weighted by Crippen LogP contribution is 2.27. The fourth-order valence-electron chi connectivity index (χ4n) is 3.75. The molecule has 1 aliphatic rings. The van der Waals surface area contributed by atoms with Crippen LogP contribution < -0.4 is 5.56 Å². The van der Waals surface area contributed by atoms with Crippen LogP contribution in [0.4, 0.5) is 0 Å². The third kappa shape index (κ3) is 5.49. The second-order valence-electron chi connectivity index (χ2n) is 7.54. The van der Waals surface area contributed by atoms with Crippen molar-refractivity contribution < 1.29 is 0 Å². The first-order valence-corrected chi connectivity index (χ1v) is 10.9. The number of benzene rings is 1. The van der Waals surface area contributed by atoms with Gasteiger partial charge in [-0.25, -0.2) is 4.98 Å². The van der Waals surface area contributed by atoms with E-state index in [9.17, 15) is 4.79 Å². The average molecular weight is 427 g/mol. The first-order chi connectivity index (χ1) is 13.6. The van der Waals surface area contributed by atoms with Crippen molar-refractivity contribution in [3.63, 3.8) is 0 Å². The number of piperidine rings is 1. The molecule has 6 heteroatoms. The lowest BCUT2D eigenvalue weighted by molar-refractivity contribution is 0.222. The Bertz CT molecular complexity index is 1030. The van der Waals surface area contributed by atoms with Crippen molar-refractivity contribution >= 4 is 22.7 Å². The Kier molecular flexibility index (Phi) is 8.62. The fourth-order valence-corrected chi connectivity index (χ4v) is 4.82. The Labute approximate surface area is 184 Å². The van der Waals surface area contributed by atoms with Gasteiger partial charge in [0.15, 0.2) is 0 Å². The van der Waals surface area contributed by atoms with E-state index in [4.69, 9.17) is 4.98 Å². The molecule has 0 unspecified atom stereocenters. The number of para-hydroxylation sites is 1. The Morgan fingerprint density at radius 1 is 1.10 bits per heavy atom. The van der Waals surface area contributed by atoms with Crippen molar-refractivity contribution in [3.05, 3.63) is 69.5 Å². The van der Waals surface area contributed by atoms with Gasteiger partial charge in [0.05, 0.1) is 22.3 Å². The van der Waals surface area contributed by atoms with Crippen molar-refractivity contribution in [1.82, 2.24) is 19.9 Å². The van der Waals surface area contributed by atoms with Crippen LogP contribution in [0.25, 0.3) is 10.9 Å². The molecule has 1 aliphatic heterocycles. The van der Waals surface area contributed by atoms with Gasteiger partial charge in [0, 0.05) is 18.0 Å². The van der Waals surface area contributed by atoms with Crippen LogP contribution in [0.5, 0.6) is 0 Å². The smallest absolute Gasteiger partial charge is 0.258 e. The van der Waals surface area contributed by atoms with Gasteiger partial charge in [-0.1, -0.05) is 33.1 Å². The monoisotopic (exact) mass is 426 g/mol. The molecule has 1 saturated heterocycles. The summed E-state index contributed by atoms with van der Waals surface area (Å²) < 4.78 is 0. The van der Waals surface area contributed by atoms with Crippen molar-refractivity contribution in [2.24, 2.45) is 0 Å². The highest BCUT2D eigenvalue weighted by Gasteiger charge is 2.20. The zero-order chi connectivity index (χ0) is 19.5. The first kappa shape index (κ1) is 24.1. The highest BCUT2D eigenvalue weighted by atomic mass is 32.2. The number of fused-ring (bicyclic) bond motifs is 1. The van der Waals surface area contributed by atoms with Crippen molar-refractivity contribution in [2.45, 2.75) is 59.1 Å². The number of aromatic amines is 1. The lowest BCUT2D eigenvalue weighted by atomic mass is 10.1. The van der Waals surface area contributed by atoms with E-state index in [0.717, 1.165) is 55.1 Å². The Morgan fingerprint density at radius 2 is 1.83 bits per heavy atom. The van der Waals surface area contributed by atoms with Crippen molar-refractivity contribution in [3.8, 4) is 0 Å². The minimum atomic E-state index is -0.0372. The number of thioether (sulfide) groups is 1. The second kappa shape index (κ2) is 10.7. The Morgan fingerprint density at radius 3 is 2.57 bits per heavy atom. The molecule has 0 bridgehead atoms. The van der Waals surface area contributed by atoms with E-state index in [1.807, 2.05) is 49.1 Å². The molecule has 5 nitrogen and oxygen atoms in total. The highest BCUT2D eigenvalue weighted by molar-refractivity contribution is 7.99. The largest absolute Gasteiger partial charge is 0.309 e. The maximum absolute atomic E-state index is 12.3. The van der Waals surface area contributed by atoms with Gasteiger partial charge in [-0.15, -0.1) is 0 Å². The predicted octanol–water partition coefficient (Wildman–Crippen LogP) is 5.10. The van der Waals surface area contributed by atoms with E-state index < -0.39 is 0 Å². The van der Waals surface area contributed by atoms with Gasteiger partial charge in [0.2, 0.25) is 0 Å². The topological polar surface area (TPSA) is 61.9 Å². The Hall–Kier alpha value is -2.18. The summed E-state index contributed by atoms with van der Waals surface area (Å²) >= 11 is 1.91. The number of H-pyrrole nitrogens is 1. The molecular formula is C24H34N4OS. The summed E-state index contributed by atoms with van der Waals surface area (Å²) in [7, 11) is 0. The molecule has 3 aromatic rings. The molecule has 0 spiro atoms. The molecule has 162 valence electrons. The molecular weight excluding hydrogens is 392 g/mol. The van der Waals surface area contributed by atoms with E-state index >= 15 is 0 Å². The number of pyridine rings is 1. The standard InChI is InChI=1S/C22H26N4OS.2CH4/c1-15-6-4-10-23-19(15)13-26-11-8-17(9-12-26)28-14-20-24-21-16(2)5-3-7-18(21)22(27)25-20;;/h3-7,10,17H,8-9,11-14H2,1-2H3,(H,24,25,27);2*1H4. The third-order valence-corrected chi connectivity index (χ3v) is 6.85. The summed E-state index contributed by atoms with van der Waals surface area (Å²) in [4.78, 5) is 27.0. The maximum atomic E-state index is 12.3. The molecule has 1 aromatic carbocycles. The fraction of sp³-hybridized carbons (Fsp3) is 0.458. The number of hydrogen-bond acceptors (Lipinski definition) is 5. The molecule has 0 amide bonds. The van der Waals surface area contributed by atoms with Gasteiger partial charge in [-0.3, -0.25) is 14.7 Å². The summed E-state index contributed by atoms with van der Waals surface area (Å²) in [6, 6.07) is 9.87. The normalized spacial score (nSPS) is 14.9. The molecule has 2 aromatic heterocycles. The van der Waals surface area contributed by atoms with E-state index in [0.29, 0.717) is 10.6 Å². The molecule has 1 fully saturated rings. The second-order valence-corrected chi connectivity index (χ2v) is 8.83. The number of aryl methyl sites for hydroxylation is 2. The first-order valence-electron chi connectivity index (χ1n) is 9.83. The molecule has 0 atom stereocenters. The third-order valence-electron chi connectivity index (χ3n) is 5.47. The molecule has 0 aliphatic carbocycles. The van der Waals surface area contributed by atoms with Crippen LogP contribution in [0.15, 0.2) is 41.3 Å². The predicted molar refractivity (Wildman–Crippen MR) is 129 cm³/mol. The van der Waals surface area contributed by atoms with E-state index in [-0.39, 0.29) is 20.4 Å². The number of rotatable bonds is 5. The van der Waals surface area contributed by atoms with Gasteiger partial charge in [-0.2, -0.15) is 11.8 Å². The van der Waals surface area contributed by atoms with Gasteiger partial charge >= 0.3 is 0 Å². The zero-order valence-corrected chi connectivity index (χ0v) is 17.3. The van der Waals surface area contributed by atoms with Gasteiger partial charge in [0.1, 0.15) is 5.82 Å². The number of hydrogen-bond donors (Lipinski definition) is 1. The van der Waals surface area contributed by atoms with Gasteiger partial charge < -0.3 is 4.98 Å². The lowest BCUT2D eigenvalue weighted by Gasteiger charge is -2.31. The number of nitrogens with one attached hydrogen (secondary N) is 1. The number of aromatic nitrogens is 3. The quantitative estimate of drug-likeness (QED) is 0.615. The van der Waals surface area contributed by atoms with E-state index in [1.165, 1.54) is 11.3 Å². The summed E-state index contributed by atoms with van der Waals surface area (Å²) in [6.45, 7) is 7.25. The summed E-state index contributed by atoms with van der Waals surface area (Å²) in [5, 5.41) is 1.28. The SMILES string of the molecule is C.C.Cc1cccnc1CN1CCC(SCc2nc3c(C)cccc3c(=O)[nH]2)CC1. The van der Waals surface area contributed by atoms with Crippen LogP contribution in [0.3, 0.4) is 0 Å². The van der Waals surface area contributed by atoms with E-state index in [1.54, 1.807) is 0 Å². The van der Waals surface area contributed by atoms with Crippen LogP contribution in [0.1, 0.15) is 50.3 Å². The molecule has 3 heterocycles. The zero-order valence-electron chi connectivity index (χ0n) is 16.4. The van der Waals surface area contributed by atoms with Crippen LogP contribution in [-0.4, -0.2) is 38.2 Å². The van der Waals surface area contributed by atoms with Crippen LogP contribution >= 0.6 is 11.8 Å². The van der Waals surface area contributed by atoms with Crippen LogP contribution in [0, 0.1) is 13.8 Å². The van der Waals surface area contributed by atoms with Crippen LogP contribution in [0.2, 0.25) is 0 Å². The maximum Gasteiger partial charge on any atom is 0.258 e. The minimum Gasteiger partial charge on any atom is -0.309 e. The molecule has 0 saturated carbocycles. The summed E-state index contributed by atoms with van der Waals surface area (Å²) in [5.74, 6) is 1.53. The minimum absolute atomic E-state index is 0. The molecule has 4 rings (SSSR count). The van der Waals surface area contributed by atoms with Gasteiger partial charge in [-0.05, 0) is 63.0 Å². The molecule has 1 N–H and O–H groups in total. The molecule has 30 heavy (non-hydrogen) atoms. The van der Waals surface area contributed by atoms with E-state index in [2.05, 4.69) is 27.9 Å². The number of likely N-dealkylation sites (tertiary alicyclic amines) is 1. The lowest BCUT2D eigenvalue weighted by Crippen LogP contribution is -2.34. The van der Waals surface area contributed by atoms with Gasteiger partial charge in [0.25, 0.3) is 5.56 Å². The molecule has 0 radical (unpaired) electrons. The summed E-state index contributed by atoms with van der Waals surface area (Å²) in [5.41, 5.74) is 4.28. The van der Waals surface area contributed by atoms with Crippen molar-refractivity contribution in [2.75, 3.05) is 13.1 Å². The summed E-state index contributed by atoms with van der Waals surface area (Å²) in [6.07, 6.45) is 4.20. The average Bonchev–Trinajstić information content (AvgIpc) is 2.70. The Balaban J connectivity index is 0.00000160. The number of nitrogens with zero attached hydrogens (tertiary/aromatic N) is 3. The van der Waals surface area contributed by atoms with Crippen LogP contribution in [-0.2, 0) is 12.3 Å². The van der Waals surface area contributed by atoms with Crippen molar-refractivity contribution in [1.29, 1.82) is 0 Å².